The zero-order valence-electron chi connectivity index (χ0n) is 11.7. The molecule has 2 rings (SSSR count). The maximum Gasteiger partial charge on any atom is 0.262 e. The fourth-order valence-electron chi connectivity index (χ4n) is 1.89. The second kappa shape index (κ2) is 7.79. The Kier molecular flexibility index (Phi) is 6.05. The van der Waals surface area contributed by atoms with E-state index in [4.69, 9.17) is 21.4 Å². The molecule has 0 amide bonds. The summed E-state index contributed by atoms with van der Waals surface area (Å²) in [5.74, 6) is 0.696. The monoisotopic (exact) mass is 328 g/mol. The minimum atomic E-state index is -0.0970. The molecular formula is C14H17ClN2O3S. The molecule has 0 atom stereocenters. The van der Waals surface area contributed by atoms with E-state index in [9.17, 15) is 4.79 Å². The van der Waals surface area contributed by atoms with Gasteiger partial charge in [0.1, 0.15) is 0 Å². The minimum absolute atomic E-state index is 0.0970. The molecule has 7 heteroatoms. The molecule has 1 aromatic heterocycles. The zero-order chi connectivity index (χ0) is 15.2. The van der Waals surface area contributed by atoms with Crippen LogP contribution in [0.15, 0.2) is 28.2 Å². The third kappa shape index (κ3) is 3.97. The number of benzene rings is 1. The van der Waals surface area contributed by atoms with E-state index in [1.807, 2.05) is 0 Å². The molecule has 0 saturated carbocycles. The lowest BCUT2D eigenvalue weighted by Gasteiger charge is -2.12. The lowest BCUT2D eigenvalue weighted by molar-refractivity contribution is 0.183. The molecule has 2 aromatic rings. The van der Waals surface area contributed by atoms with Crippen LogP contribution in [-0.4, -0.2) is 40.7 Å². The third-order valence-corrected chi connectivity index (χ3v) is 4.23. The number of methoxy groups -OCH3 is 1. The Morgan fingerprint density at radius 1 is 1.48 bits per heavy atom. The Labute approximate surface area is 131 Å². The summed E-state index contributed by atoms with van der Waals surface area (Å²) >= 11 is 7.41. The van der Waals surface area contributed by atoms with E-state index in [1.54, 1.807) is 29.9 Å². The van der Waals surface area contributed by atoms with Crippen molar-refractivity contribution in [2.45, 2.75) is 18.1 Å². The molecule has 21 heavy (non-hydrogen) atoms. The fourth-order valence-corrected chi connectivity index (χ4v) is 3.01. The quantitative estimate of drug-likeness (QED) is 0.479. The van der Waals surface area contributed by atoms with E-state index >= 15 is 0 Å². The number of hydrogen-bond donors (Lipinski definition) is 1. The number of aromatic nitrogens is 2. The van der Waals surface area contributed by atoms with E-state index in [1.165, 1.54) is 11.8 Å². The minimum Gasteiger partial charge on any atom is -0.396 e. The van der Waals surface area contributed by atoms with Gasteiger partial charge in [0, 0.05) is 24.5 Å². The van der Waals surface area contributed by atoms with E-state index < -0.39 is 0 Å². The molecule has 0 fully saturated rings. The van der Waals surface area contributed by atoms with Crippen molar-refractivity contribution in [3.63, 3.8) is 0 Å². The van der Waals surface area contributed by atoms with Gasteiger partial charge in [-0.05, 0) is 24.6 Å². The van der Waals surface area contributed by atoms with Crippen molar-refractivity contribution >= 4 is 34.3 Å². The summed E-state index contributed by atoms with van der Waals surface area (Å²) < 4.78 is 6.67. The standard InChI is InChI=1S/C14H17ClN2O3S/c1-20-7-5-17-13(19)11-4-3-10(15)9-12(11)16-14(17)21-8-2-6-18/h3-4,9,18H,2,5-8H2,1H3. The molecule has 0 aliphatic carbocycles. The van der Waals surface area contributed by atoms with Gasteiger partial charge in [-0.2, -0.15) is 0 Å². The third-order valence-electron chi connectivity index (χ3n) is 2.93. The van der Waals surface area contributed by atoms with E-state index in [-0.39, 0.29) is 12.2 Å². The molecule has 0 saturated heterocycles. The number of aliphatic hydroxyl groups excluding tert-OH is 1. The predicted molar refractivity (Wildman–Crippen MR) is 85.3 cm³/mol. The lowest BCUT2D eigenvalue weighted by atomic mass is 10.2. The van der Waals surface area contributed by atoms with Crippen molar-refractivity contribution < 1.29 is 9.84 Å². The molecule has 114 valence electrons. The van der Waals surface area contributed by atoms with Gasteiger partial charge in [0.2, 0.25) is 0 Å². The average molecular weight is 329 g/mol. The molecule has 0 radical (unpaired) electrons. The molecular weight excluding hydrogens is 312 g/mol. The Hall–Kier alpha value is -1.08. The molecule has 0 aliphatic rings. The van der Waals surface area contributed by atoms with Crippen LogP contribution in [0.3, 0.4) is 0 Å². The lowest BCUT2D eigenvalue weighted by Crippen LogP contribution is -2.25. The highest BCUT2D eigenvalue weighted by Gasteiger charge is 2.11. The first-order chi connectivity index (χ1) is 10.2. The van der Waals surface area contributed by atoms with Crippen LogP contribution < -0.4 is 5.56 Å². The molecule has 0 bridgehead atoms. The number of thioether (sulfide) groups is 1. The van der Waals surface area contributed by atoms with Crippen molar-refractivity contribution in [3.05, 3.63) is 33.6 Å². The van der Waals surface area contributed by atoms with Crippen molar-refractivity contribution in [3.8, 4) is 0 Å². The number of rotatable bonds is 7. The molecule has 1 N–H and O–H groups in total. The SMILES string of the molecule is COCCn1c(SCCCO)nc2cc(Cl)ccc2c1=O. The van der Waals surface area contributed by atoms with Gasteiger partial charge in [-0.25, -0.2) is 4.98 Å². The highest BCUT2D eigenvalue weighted by Crippen LogP contribution is 2.20. The first-order valence-corrected chi connectivity index (χ1v) is 7.96. The summed E-state index contributed by atoms with van der Waals surface area (Å²) in [7, 11) is 1.60. The summed E-state index contributed by atoms with van der Waals surface area (Å²) in [6.45, 7) is 1.01. The topological polar surface area (TPSA) is 64.3 Å². The predicted octanol–water partition coefficient (Wildman–Crippen LogP) is 2.17. The van der Waals surface area contributed by atoms with Gasteiger partial charge in [-0.15, -0.1) is 0 Å². The van der Waals surface area contributed by atoms with Crippen molar-refractivity contribution in [1.82, 2.24) is 9.55 Å². The summed E-state index contributed by atoms with van der Waals surface area (Å²) in [6.07, 6.45) is 0.651. The molecule has 0 unspecified atom stereocenters. The van der Waals surface area contributed by atoms with Crippen LogP contribution in [0, 0.1) is 0 Å². The van der Waals surface area contributed by atoms with E-state index in [0.29, 0.717) is 46.4 Å². The Morgan fingerprint density at radius 2 is 2.29 bits per heavy atom. The number of fused-ring (bicyclic) bond motifs is 1. The number of nitrogens with zero attached hydrogens (tertiary/aromatic N) is 2. The second-order valence-corrected chi connectivity index (χ2v) is 5.93. The van der Waals surface area contributed by atoms with Crippen LogP contribution in [0.5, 0.6) is 0 Å². The largest absolute Gasteiger partial charge is 0.396 e. The molecule has 0 spiro atoms. The maximum absolute atomic E-state index is 12.6. The summed E-state index contributed by atoms with van der Waals surface area (Å²) in [5, 5.41) is 10.6. The summed E-state index contributed by atoms with van der Waals surface area (Å²) in [6, 6.07) is 5.07. The molecule has 0 aliphatic heterocycles. The van der Waals surface area contributed by atoms with Gasteiger partial charge < -0.3 is 9.84 Å². The van der Waals surface area contributed by atoms with Crippen LogP contribution in [0.1, 0.15) is 6.42 Å². The Bertz CT molecular complexity index is 675. The van der Waals surface area contributed by atoms with Gasteiger partial charge in [-0.1, -0.05) is 23.4 Å². The van der Waals surface area contributed by atoms with Gasteiger partial charge >= 0.3 is 0 Å². The van der Waals surface area contributed by atoms with Crippen LogP contribution in [0.2, 0.25) is 5.02 Å². The van der Waals surface area contributed by atoms with Crippen molar-refractivity contribution in [1.29, 1.82) is 0 Å². The van der Waals surface area contributed by atoms with Crippen LogP contribution in [-0.2, 0) is 11.3 Å². The van der Waals surface area contributed by atoms with Crippen LogP contribution >= 0.6 is 23.4 Å². The smallest absolute Gasteiger partial charge is 0.262 e. The maximum atomic E-state index is 12.6. The highest BCUT2D eigenvalue weighted by atomic mass is 35.5. The molecule has 5 nitrogen and oxygen atoms in total. The second-order valence-electron chi connectivity index (χ2n) is 4.43. The van der Waals surface area contributed by atoms with Gasteiger partial charge in [0.05, 0.1) is 24.1 Å². The number of hydrogen-bond acceptors (Lipinski definition) is 5. The van der Waals surface area contributed by atoms with Gasteiger partial charge in [-0.3, -0.25) is 9.36 Å². The number of ether oxygens (including phenoxy) is 1. The summed E-state index contributed by atoms with van der Waals surface area (Å²) in [4.78, 5) is 17.1. The van der Waals surface area contributed by atoms with Gasteiger partial charge in [0.15, 0.2) is 5.16 Å². The number of aliphatic hydroxyl groups is 1. The molecule has 1 aromatic carbocycles. The van der Waals surface area contributed by atoms with Crippen LogP contribution in [0.4, 0.5) is 0 Å². The highest BCUT2D eigenvalue weighted by molar-refractivity contribution is 7.99. The van der Waals surface area contributed by atoms with Crippen molar-refractivity contribution in [2.24, 2.45) is 0 Å². The van der Waals surface area contributed by atoms with Crippen molar-refractivity contribution in [2.75, 3.05) is 26.1 Å². The fraction of sp³-hybridized carbons (Fsp3) is 0.429. The average Bonchev–Trinajstić information content (AvgIpc) is 2.47. The Balaban J connectivity index is 2.47. The Morgan fingerprint density at radius 3 is 3.00 bits per heavy atom. The van der Waals surface area contributed by atoms with E-state index in [0.717, 1.165) is 0 Å². The zero-order valence-corrected chi connectivity index (χ0v) is 13.3. The normalized spacial score (nSPS) is 11.2. The summed E-state index contributed by atoms with van der Waals surface area (Å²) in [5.41, 5.74) is 0.493. The molecule has 1 heterocycles. The van der Waals surface area contributed by atoms with E-state index in [2.05, 4.69) is 4.98 Å². The van der Waals surface area contributed by atoms with Gasteiger partial charge in [0.25, 0.3) is 5.56 Å². The first kappa shape index (κ1) is 16.3. The van der Waals surface area contributed by atoms with Crippen LogP contribution in [0.25, 0.3) is 10.9 Å². The number of halogens is 1. The first-order valence-electron chi connectivity index (χ1n) is 6.60.